The molecule has 2 aromatic heterocycles. The second-order valence-corrected chi connectivity index (χ2v) is 7.28. The highest BCUT2D eigenvalue weighted by atomic mass is 32.2. The highest BCUT2D eigenvalue weighted by Crippen LogP contribution is 2.13. The molecule has 0 radical (unpaired) electrons. The van der Waals surface area contributed by atoms with Crippen molar-refractivity contribution in [3.05, 3.63) is 34.8 Å². The molecular weight excluding hydrogens is 296 g/mol. The van der Waals surface area contributed by atoms with E-state index in [2.05, 4.69) is 9.82 Å². The molecule has 0 aliphatic carbocycles. The molecule has 0 saturated heterocycles. The summed E-state index contributed by atoms with van der Waals surface area (Å²) in [4.78, 5) is 1.32. The van der Waals surface area contributed by atoms with Gasteiger partial charge in [0.15, 0.2) is 0 Å². The first-order chi connectivity index (χ1) is 9.51. The van der Waals surface area contributed by atoms with Crippen LogP contribution >= 0.6 is 11.3 Å². The number of sulfonamides is 1. The van der Waals surface area contributed by atoms with Crippen molar-refractivity contribution in [2.45, 2.75) is 30.8 Å². The molecule has 0 saturated carbocycles. The number of thiophene rings is 1. The Morgan fingerprint density at radius 1 is 1.55 bits per heavy atom. The van der Waals surface area contributed by atoms with E-state index in [9.17, 15) is 8.42 Å². The Morgan fingerprint density at radius 2 is 2.35 bits per heavy atom. The van der Waals surface area contributed by atoms with Crippen LogP contribution in [-0.2, 0) is 23.0 Å². The van der Waals surface area contributed by atoms with Gasteiger partial charge in [0.2, 0.25) is 10.0 Å². The van der Waals surface area contributed by atoms with Crippen molar-refractivity contribution in [1.82, 2.24) is 14.5 Å². The minimum Gasteiger partial charge on any atom is -0.329 e. The maximum atomic E-state index is 12.2. The van der Waals surface area contributed by atoms with E-state index in [1.54, 1.807) is 11.3 Å². The number of nitrogens with one attached hydrogen (secondary N) is 1. The average molecular weight is 314 g/mol. The predicted octanol–water partition coefficient (Wildman–Crippen LogP) is 0.813. The van der Waals surface area contributed by atoms with Crippen molar-refractivity contribution in [3.63, 3.8) is 0 Å². The second kappa shape index (κ2) is 6.49. The van der Waals surface area contributed by atoms with Gasteiger partial charge in [-0.3, -0.25) is 4.68 Å². The van der Waals surface area contributed by atoms with Crippen LogP contribution in [0.5, 0.6) is 0 Å². The Bertz CT molecular complexity index is 634. The van der Waals surface area contributed by atoms with E-state index >= 15 is 0 Å². The van der Waals surface area contributed by atoms with E-state index in [1.807, 2.05) is 24.4 Å². The zero-order valence-corrected chi connectivity index (χ0v) is 12.8. The van der Waals surface area contributed by atoms with Crippen LogP contribution in [0.4, 0.5) is 0 Å². The highest BCUT2D eigenvalue weighted by molar-refractivity contribution is 7.89. The first kappa shape index (κ1) is 15.2. The summed E-state index contributed by atoms with van der Waals surface area (Å²) in [5.74, 6) is 0. The first-order valence-corrected chi connectivity index (χ1v) is 8.65. The Morgan fingerprint density at radius 3 is 3.00 bits per heavy atom. The van der Waals surface area contributed by atoms with Crippen molar-refractivity contribution < 1.29 is 8.42 Å². The summed E-state index contributed by atoms with van der Waals surface area (Å²) in [7, 11) is -3.53. The number of aromatic nitrogens is 2. The molecule has 0 aromatic carbocycles. The number of rotatable bonds is 7. The molecule has 0 aliphatic rings. The van der Waals surface area contributed by atoms with Crippen molar-refractivity contribution in [1.29, 1.82) is 0 Å². The maximum absolute atomic E-state index is 12.2. The molecule has 0 amide bonds. The van der Waals surface area contributed by atoms with Crippen molar-refractivity contribution in [2.24, 2.45) is 5.73 Å². The third kappa shape index (κ3) is 3.89. The highest BCUT2D eigenvalue weighted by Gasteiger charge is 2.19. The molecule has 8 heteroatoms. The lowest BCUT2D eigenvalue weighted by Crippen LogP contribution is -2.33. The van der Waals surface area contributed by atoms with Gasteiger partial charge in [0.25, 0.3) is 0 Å². The third-order valence-corrected chi connectivity index (χ3v) is 5.16. The largest absolute Gasteiger partial charge is 0.329 e. The monoisotopic (exact) mass is 314 g/mol. The fourth-order valence-electron chi connectivity index (χ4n) is 1.84. The van der Waals surface area contributed by atoms with Gasteiger partial charge in [-0.25, -0.2) is 13.1 Å². The summed E-state index contributed by atoms with van der Waals surface area (Å²) in [6, 6.07) is 3.78. The van der Waals surface area contributed by atoms with Gasteiger partial charge in [-0.2, -0.15) is 5.10 Å². The van der Waals surface area contributed by atoms with Crippen LogP contribution < -0.4 is 10.5 Å². The molecule has 20 heavy (non-hydrogen) atoms. The average Bonchev–Trinajstić information content (AvgIpc) is 3.00. The van der Waals surface area contributed by atoms with Gasteiger partial charge in [-0.1, -0.05) is 6.07 Å². The lowest BCUT2D eigenvalue weighted by molar-refractivity contribution is 0.560. The summed E-state index contributed by atoms with van der Waals surface area (Å²) in [5.41, 5.74) is 5.41. The van der Waals surface area contributed by atoms with E-state index in [0.717, 1.165) is 4.88 Å². The van der Waals surface area contributed by atoms with Crippen LogP contribution in [0.3, 0.4) is 0 Å². The first-order valence-electron chi connectivity index (χ1n) is 6.28. The standard InChI is InChI=1S/C12H18N4O2S2/c1-10(7-11-3-2-6-19-11)15-20(17,18)12-8-14-16(9-12)5-4-13/h2-3,6,8-10,15H,4-5,7,13H2,1H3. The lowest BCUT2D eigenvalue weighted by atomic mass is 10.2. The molecule has 3 N–H and O–H groups in total. The summed E-state index contributed by atoms with van der Waals surface area (Å²) < 4.78 is 28.6. The van der Waals surface area contributed by atoms with Crippen LogP contribution in [0, 0.1) is 0 Å². The van der Waals surface area contributed by atoms with E-state index in [4.69, 9.17) is 5.73 Å². The molecule has 2 heterocycles. The fourth-order valence-corrected chi connectivity index (χ4v) is 3.87. The molecule has 2 rings (SSSR count). The fraction of sp³-hybridized carbons (Fsp3) is 0.417. The number of hydrogen-bond acceptors (Lipinski definition) is 5. The summed E-state index contributed by atoms with van der Waals surface area (Å²) in [6.45, 7) is 2.77. The summed E-state index contributed by atoms with van der Waals surface area (Å²) >= 11 is 1.62. The van der Waals surface area contributed by atoms with Gasteiger partial charge in [-0.05, 0) is 24.8 Å². The summed E-state index contributed by atoms with van der Waals surface area (Å²) in [5, 5.41) is 5.95. The van der Waals surface area contributed by atoms with Gasteiger partial charge in [-0.15, -0.1) is 11.3 Å². The van der Waals surface area contributed by atoms with E-state index in [0.29, 0.717) is 19.5 Å². The van der Waals surface area contributed by atoms with E-state index in [-0.39, 0.29) is 10.9 Å². The molecule has 0 spiro atoms. The Labute approximate surface area is 122 Å². The SMILES string of the molecule is CC(Cc1cccs1)NS(=O)(=O)c1cnn(CCN)c1. The maximum Gasteiger partial charge on any atom is 0.243 e. The van der Waals surface area contributed by atoms with Crippen LogP contribution in [-0.4, -0.2) is 30.8 Å². The zero-order chi connectivity index (χ0) is 14.6. The van der Waals surface area contributed by atoms with Gasteiger partial charge in [0.1, 0.15) is 4.90 Å². The molecule has 2 aromatic rings. The van der Waals surface area contributed by atoms with Gasteiger partial charge >= 0.3 is 0 Å². The predicted molar refractivity (Wildman–Crippen MR) is 79.1 cm³/mol. The van der Waals surface area contributed by atoms with Crippen LogP contribution in [0.15, 0.2) is 34.8 Å². The summed E-state index contributed by atoms with van der Waals surface area (Å²) in [6.07, 6.45) is 3.51. The zero-order valence-electron chi connectivity index (χ0n) is 11.2. The molecule has 110 valence electrons. The normalized spacial score (nSPS) is 13.5. The Hall–Kier alpha value is -1.22. The molecule has 0 fully saturated rings. The molecular formula is C12H18N4O2S2. The van der Waals surface area contributed by atoms with Crippen molar-refractivity contribution in [3.8, 4) is 0 Å². The minimum absolute atomic E-state index is 0.170. The Balaban J connectivity index is 2.02. The van der Waals surface area contributed by atoms with Crippen LogP contribution in [0.1, 0.15) is 11.8 Å². The van der Waals surface area contributed by atoms with Crippen LogP contribution in [0.25, 0.3) is 0 Å². The topological polar surface area (TPSA) is 90.0 Å². The number of hydrogen-bond donors (Lipinski definition) is 2. The van der Waals surface area contributed by atoms with Crippen LogP contribution in [0.2, 0.25) is 0 Å². The Kier molecular flexibility index (Phi) is 4.92. The third-order valence-electron chi connectivity index (χ3n) is 2.72. The molecule has 0 bridgehead atoms. The molecule has 1 unspecified atom stereocenters. The van der Waals surface area contributed by atoms with E-state index < -0.39 is 10.0 Å². The molecule has 0 aliphatic heterocycles. The smallest absolute Gasteiger partial charge is 0.243 e. The lowest BCUT2D eigenvalue weighted by Gasteiger charge is -2.12. The van der Waals surface area contributed by atoms with Crippen molar-refractivity contribution in [2.75, 3.05) is 6.54 Å². The quantitative estimate of drug-likeness (QED) is 0.791. The number of nitrogens with two attached hydrogens (primary N) is 1. The second-order valence-electron chi connectivity index (χ2n) is 4.53. The van der Waals surface area contributed by atoms with Gasteiger partial charge < -0.3 is 5.73 Å². The van der Waals surface area contributed by atoms with Gasteiger partial charge in [0, 0.05) is 23.7 Å². The molecule has 6 nitrogen and oxygen atoms in total. The number of nitrogens with zero attached hydrogens (tertiary/aromatic N) is 2. The van der Waals surface area contributed by atoms with E-state index in [1.165, 1.54) is 17.1 Å². The van der Waals surface area contributed by atoms with Crippen molar-refractivity contribution >= 4 is 21.4 Å². The minimum atomic E-state index is -3.53. The molecule has 1 atom stereocenters. The van der Waals surface area contributed by atoms with Gasteiger partial charge in [0.05, 0.1) is 12.7 Å².